The molecule has 2 spiro atoms. The van der Waals surface area contributed by atoms with Crippen molar-refractivity contribution < 1.29 is 42.9 Å². The van der Waals surface area contributed by atoms with Crippen LogP contribution in [0.4, 0.5) is 0 Å². The van der Waals surface area contributed by atoms with Crippen LogP contribution < -0.4 is 4.74 Å². The summed E-state index contributed by atoms with van der Waals surface area (Å²) < 4.78 is 28.0. The lowest BCUT2D eigenvalue weighted by Gasteiger charge is -2.45. The van der Waals surface area contributed by atoms with Crippen LogP contribution in [0.5, 0.6) is 5.75 Å². The third-order valence-corrected chi connectivity index (χ3v) is 7.61. The minimum atomic E-state index is -1.51. The Morgan fingerprint density at radius 2 is 1.03 bits per heavy atom. The molecule has 1 aromatic carbocycles. The molecular formula is C26H30O9. The maximum atomic E-state index is 13.3. The molecule has 0 radical (unpaired) electrons. The van der Waals surface area contributed by atoms with Crippen LogP contribution in [0, 0.1) is 11.8 Å². The van der Waals surface area contributed by atoms with E-state index in [4.69, 9.17) is 23.7 Å². The fraction of sp³-hybridized carbons (Fsp3) is 0.615. The molecular weight excluding hydrogens is 456 g/mol. The molecule has 0 atom stereocenters. The summed E-state index contributed by atoms with van der Waals surface area (Å²) in [5.74, 6) is -9.45. The van der Waals surface area contributed by atoms with Crippen LogP contribution in [0.15, 0.2) is 24.3 Å². The van der Waals surface area contributed by atoms with Gasteiger partial charge in [-0.3, -0.25) is 19.2 Å². The highest BCUT2D eigenvalue weighted by molar-refractivity contribution is 6.03. The highest BCUT2D eigenvalue weighted by Crippen LogP contribution is 2.46. The Morgan fingerprint density at radius 3 is 1.37 bits per heavy atom. The quantitative estimate of drug-likeness (QED) is 0.466. The second-order valence-electron chi connectivity index (χ2n) is 9.88. The van der Waals surface area contributed by atoms with Crippen molar-refractivity contribution in [2.45, 2.75) is 81.7 Å². The van der Waals surface area contributed by atoms with Crippen molar-refractivity contribution in [3.05, 3.63) is 29.8 Å². The van der Waals surface area contributed by atoms with Gasteiger partial charge in [-0.15, -0.1) is 0 Å². The van der Waals surface area contributed by atoms with Gasteiger partial charge in [-0.2, -0.15) is 0 Å². The van der Waals surface area contributed by atoms with E-state index in [-0.39, 0.29) is 0 Å². The van der Waals surface area contributed by atoms with Gasteiger partial charge in [0.1, 0.15) is 5.75 Å². The minimum Gasteiger partial charge on any atom is -0.497 e. The van der Waals surface area contributed by atoms with Gasteiger partial charge >= 0.3 is 23.9 Å². The number of ether oxygens (including phenoxy) is 5. The first kappa shape index (κ1) is 23.6. The lowest BCUT2D eigenvalue weighted by atomic mass is 9.75. The van der Waals surface area contributed by atoms with Crippen molar-refractivity contribution in [2.24, 2.45) is 11.8 Å². The van der Waals surface area contributed by atoms with Crippen LogP contribution in [0.2, 0.25) is 0 Å². The summed E-state index contributed by atoms with van der Waals surface area (Å²) in [6.45, 7) is 0. The first-order chi connectivity index (χ1) is 16.9. The van der Waals surface area contributed by atoms with Gasteiger partial charge < -0.3 is 23.7 Å². The molecule has 0 amide bonds. The van der Waals surface area contributed by atoms with Gasteiger partial charge in [-0.25, -0.2) is 0 Å². The Bertz CT molecular complexity index is 904. The Labute approximate surface area is 203 Å². The third-order valence-electron chi connectivity index (χ3n) is 7.61. The molecule has 4 fully saturated rings. The zero-order valence-electron chi connectivity index (χ0n) is 19.8. The number of rotatable bonds is 4. The third kappa shape index (κ3) is 4.36. The number of carbonyl (C=O) groups is 4. The molecule has 2 saturated heterocycles. The molecule has 9 nitrogen and oxygen atoms in total. The van der Waals surface area contributed by atoms with E-state index in [2.05, 4.69) is 0 Å². The minimum absolute atomic E-state index is 0.405. The van der Waals surface area contributed by atoms with Crippen LogP contribution in [-0.4, -0.2) is 42.6 Å². The second-order valence-corrected chi connectivity index (χ2v) is 9.88. The van der Waals surface area contributed by atoms with E-state index < -0.39 is 53.2 Å². The van der Waals surface area contributed by atoms with Gasteiger partial charge in [0.05, 0.1) is 7.11 Å². The van der Waals surface area contributed by atoms with Gasteiger partial charge in [-0.1, -0.05) is 25.0 Å². The molecule has 2 aliphatic heterocycles. The van der Waals surface area contributed by atoms with Crippen molar-refractivity contribution in [1.82, 2.24) is 0 Å². The summed E-state index contributed by atoms with van der Waals surface area (Å²) in [4.78, 5) is 53.3. The molecule has 0 bridgehead atoms. The normalized spacial score (nSPS) is 26.9. The molecule has 5 rings (SSSR count). The van der Waals surface area contributed by atoms with Gasteiger partial charge in [0.2, 0.25) is 0 Å². The van der Waals surface area contributed by atoms with Crippen LogP contribution in [-0.2, 0) is 38.1 Å². The van der Waals surface area contributed by atoms with Crippen LogP contribution in [0.3, 0.4) is 0 Å². The predicted octanol–water partition coefficient (Wildman–Crippen LogP) is 3.53. The summed E-state index contributed by atoms with van der Waals surface area (Å²) >= 11 is 0. The van der Waals surface area contributed by atoms with Crippen molar-refractivity contribution in [3.63, 3.8) is 0 Å². The van der Waals surface area contributed by atoms with Gasteiger partial charge in [0.15, 0.2) is 11.8 Å². The summed E-state index contributed by atoms with van der Waals surface area (Å²) in [5.41, 5.74) is 0.405. The molecule has 0 unspecified atom stereocenters. The van der Waals surface area contributed by atoms with Crippen LogP contribution >= 0.6 is 0 Å². The monoisotopic (exact) mass is 486 g/mol. The Morgan fingerprint density at radius 1 is 0.657 bits per heavy atom. The second kappa shape index (κ2) is 9.17. The average molecular weight is 487 g/mol. The highest BCUT2D eigenvalue weighted by Gasteiger charge is 2.59. The van der Waals surface area contributed by atoms with E-state index in [0.29, 0.717) is 37.0 Å². The Balaban J connectivity index is 1.49. The number of esters is 4. The molecule has 0 N–H and O–H groups in total. The van der Waals surface area contributed by atoms with E-state index in [1.807, 2.05) is 0 Å². The van der Waals surface area contributed by atoms with E-state index >= 15 is 0 Å². The number of methoxy groups -OCH3 is 1. The molecule has 2 saturated carbocycles. The standard InChI is InChI=1S/C26H30O9/c1-31-17-10-8-16(9-11-17)18(19-21(27)32-25(33-22(19)28)12-4-2-5-13-25)20-23(29)34-26(35-24(20)30)14-6-3-7-15-26/h8-11,18-20H,2-7,12-15H2,1H3. The lowest BCUT2D eigenvalue weighted by Crippen LogP contribution is -2.57. The van der Waals surface area contributed by atoms with E-state index in [9.17, 15) is 19.2 Å². The maximum absolute atomic E-state index is 13.3. The SMILES string of the molecule is COc1ccc(C(C2C(=O)OC3(CCCCC3)OC2=O)C2C(=O)OC3(CCCCC3)OC2=O)cc1. The first-order valence-electron chi connectivity index (χ1n) is 12.4. The summed E-state index contributed by atoms with van der Waals surface area (Å²) in [6.07, 6.45) is 6.76. The Kier molecular flexibility index (Phi) is 6.19. The van der Waals surface area contributed by atoms with Gasteiger partial charge in [0.25, 0.3) is 11.6 Å². The van der Waals surface area contributed by atoms with Crippen molar-refractivity contribution >= 4 is 23.9 Å². The molecule has 2 heterocycles. The van der Waals surface area contributed by atoms with Gasteiger partial charge in [0, 0.05) is 31.6 Å². The van der Waals surface area contributed by atoms with Crippen LogP contribution in [0.1, 0.15) is 75.7 Å². The highest BCUT2D eigenvalue weighted by atomic mass is 16.8. The fourth-order valence-electron chi connectivity index (χ4n) is 5.80. The predicted molar refractivity (Wildman–Crippen MR) is 119 cm³/mol. The van der Waals surface area contributed by atoms with Crippen molar-refractivity contribution in [2.75, 3.05) is 7.11 Å². The molecule has 9 heteroatoms. The van der Waals surface area contributed by atoms with Crippen molar-refractivity contribution in [3.8, 4) is 5.75 Å². The fourth-order valence-corrected chi connectivity index (χ4v) is 5.80. The number of hydrogen-bond donors (Lipinski definition) is 0. The van der Waals surface area contributed by atoms with Crippen molar-refractivity contribution in [1.29, 1.82) is 0 Å². The summed E-state index contributed by atoms with van der Waals surface area (Å²) in [6, 6.07) is 6.49. The zero-order chi connectivity index (χ0) is 24.6. The Hall–Kier alpha value is -3.10. The number of benzene rings is 1. The smallest absolute Gasteiger partial charge is 0.324 e. The molecule has 188 valence electrons. The lowest BCUT2D eigenvalue weighted by molar-refractivity contribution is -0.268. The summed E-state index contributed by atoms with van der Waals surface area (Å²) in [5, 5.41) is 0. The average Bonchev–Trinajstić information content (AvgIpc) is 2.83. The van der Waals surface area contributed by atoms with Gasteiger partial charge in [-0.05, 0) is 43.4 Å². The summed E-state index contributed by atoms with van der Waals surface area (Å²) in [7, 11) is 1.51. The molecule has 35 heavy (non-hydrogen) atoms. The largest absolute Gasteiger partial charge is 0.497 e. The van der Waals surface area contributed by atoms with E-state index in [1.54, 1.807) is 24.3 Å². The first-order valence-corrected chi connectivity index (χ1v) is 12.4. The molecule has 0 aromatic heterocycles. The van der Waals surface area contributed by atoms with E-state index in [1.165, 1.54) is 7.11 Å². The topological polar surface area (TPSA) is 114 Å². The maximum Gasteiger partial charge on any atom is 0.324 e. The molecule has 1 aromatic rings. The number of hydrogen-bond acceptors (Lipinski definition) is 9. The zero-order valence-corrected chi connectivity index (χ0v) is 19.8. The number of carbonyl (C=O) groups excluding carboxylic acids is 4. The molecule has 2 aliphatic carbocycles. The molecule has 4 aliphatic rings. The van der Waals surface area contributed by atoms with E-state index in [0.717, 1.165) is 38.5 Å². The van der Waals surface area contributed by atoms with Crippen LogP contribution in [0.25, 0.3) is 0 Å².